The maximum Gasteiger partial charge on any atom is 0.289 e. The van der Waals surface area contributed by atoms with Crippen molar-refractivity contribution in [1.82, 2.24) is 19.2 Å². The quantitative estimate of drug-likeness (QED) is 0.833. The fourth-order valence-corrected chi connectivity index (χ4v) is 4.12. The second-order valence-corrected chi connectivity index (χ2v) is 7.76. The van der Waals surface area contributed by atoms with Gasteiger partial charge in [0.15, 0.2) is 15.5 Å². The van der Waals surface area contributed by atoms with Crippen molar-refractivity contribution in [3.05, 3.63) is 35.1 Å². The molecule has 0 spiro atoms. The zero-order valence-corrected chi connectivity index (χ0v) is 14.5. The molecule has 1 aliphatic rings. The van der Waals surface area contributed by atoms with E-state index in [0.29, 0.717) is 30.7 Å². The first-order chi connectivity index (χ1) is 11.0. The molecule has 0 aromatic carbocycles. The van der Waals surface area contributed by atoms with Crippen molar-refractivity contribution in [2.45, 2.75) is 11.4 Å². The summed E-state index contributed by atoms with van der Waals surface area (Å²) in [4.78, 5) is 20.3. The van der Waals surface area contributed by atoms with Crippen molar-refractivity contribution >= 4 is 31.9 Å². The van der Waals surface area contributed by atoms with Gasteiger partial charge in [0.05, 0.1) is 12.5 Å². The highest BCUT2D eigenvalue weighted by Crippen LogP contribution is 2.19. The Hall–Kier alpha value is -1.65. The molecule has 1 N–H and O–H groups in total. The summed E-state index contributed by atoms with van der Waals surface area (Å²) in [6.07, 6.45) is 3.17. The number of nitrogens with one attached hydrogen (secondary N) is 1. The van der Waals surface area contributed by atoms with E-state index < -0.39 is 10.0 Å². The molecule has 0 radical (unpaired) electrons. The van der Waals surface area contributed by atoms with E-state index in [1.807, 2.05) is 0 Å². The van der Waals surface area contributed by atoms with Crippen LogP contribution in [0.2, 0.25) is 0 Å². The van der Waals surface area contributed by atoms with Gasteiger partial charge >= 0.3 is 0 Å². The Labute approximate surface area is 141 Å². The molecule has 0 bridgehead atoms. The van der Waals surface area contributed by atoms with Gasteiger partial charge in [-0.05, 0) is 34.5 Å². The molecule has 10 heteroatoms. The summed E-state index contributed by atoms with van der Waals surface area (Å²) in [5.74, 6) is -0.00163. The number of halogens is 1. The van der Waals surface area contributed by atoms with E-state index in [2.05, 4.69) is 25.9 Å². The molecule has 124 valence electrons. The summed E-state index contributed by atoms with van der Waals surface area (Å²) in [6, 6.07) is 3.25. The Morgan fingerprint density at radius 3 is 2.74 bits per heavy atom. The first kappa shape index (κ1) is 16.2. The number of nitrogens with zero attached hydrogens (tertiary/aromatic N) is 3. The maximum absolute atomic E-state index is 12.5. The molecule has 23 heavy (non-hydrogen) atoms. The number of rotatable bonds is 3. The molecule has 1 aliphatic heterocycles. The van der Waals surface area contributed by atoms with Gasteiger partial charge in [-0.3, -0.25) is 4.79 Å². The first-order valence-corrected chi connectivity index (χ1v) is 9.25. The molecule has 2 aromatic rings. The van der Waals surface area contributed by atoms with E-state index in [-0.39, 0.29) is 23.2 Å². The van der Waals surface area contributed by atoms with Gasteiger partial charge in [0.1, 0.15) is 0 Å². The molecule has 0 unspecified atom stereocenters. The normalized spacial score (nSPS) is 17.2. The number of H-pyrrole nitrogens is 1. The summed E-state index contributed by atoms with van der Waals surface area (Å²) >= 11 is 3.16. The van der Waals surface area contributed by atoms with Crippen LogP contribution in [0.1, 0.15) is 17.0 Å². The average Bonchev–Trinajstić information content (AvgIpc) is 3.13. The van der Waals surface area contributed by atoms with Crippen LogP contribution in [0.4, 0.5) is 0 Å². The smallest absolute Gasteiger partial charge is 0.289 e. The van der Waals surface area contributed by atoms with Crippen LogP contribution >= 0.6 is 15.9 Å². The number of sulfonamides is 1. The van der Waals surface area contributed by atoms with E-state index in [4.69, 9.17) is 4.42 Å². The predicted octanol–water partition coefficient (Wildman–Crippen LogP) is 1.30. The third-order valence-electron chi connectivity index (χ3n) is 3.62. The highest BCUT2D eigenvalue weighted by molar-refractivity contribution is 9.10. The van der Waals surface area contributed by atoms with Crippen LogP contribution in [0, 0.1) is 0 Å². The fourth-order valence-electron chi connectivity index (χ4n) is 2.45. The summed E-state index contributed by atoms with van der Waals surface area (Å²) < 4.78 is 32.1. The summed E-state index contributed by atoms with van der Waals surface area (Å²) in [6.45, 7) is 1.37. The standard InChI is InChI=1S/C13H15BrN4O4S/c14-11-3-2-10(22-11)13(19)17-4-1-5-18(7-6-17)23(20,21)12-8-15-9-16-12/h2-3,8-9H,1,4-7H2,(H,15,16). The molecule has 0 aliphatic carbocycles. The highest BCUT2D eigenvalue weighted by Gasteiger charge is 2.30. The minimum absolute atomic E-state index is 0.0623. The van der Waals surface area contributed by atoms with Crippen molar-refractivity contribution in [2.24, 2.45) is 0 Å². The van der Waals surface area contributed by atoms with Crippen LogP contribution in [0.5, 0.6) is 0 Å². The second-order valence-electron chi connectivity index (χ2n) is 5.07. The number of hydrogen-bond acceptors (Lipinski definition) is 5. The molecule has 8 nitrogen and oxygen atoms in total. The van der Waals surface area contributed by atoms with E-state index in [9.17, 15) is 13.2 Å². The molecule has 1 saturated heterocycles. The number of imidazole rings is 1. The van der Waals surface area contributed by atoms with Crippen LogP contribution < -0.4 is 0 Å². The largest absolute Gasteiger partial charge is 0.444 e. The number of amides is 1. The lowest BCUT2D eigenvalue weighted by atomic mass is 10.3. The molecule has 3 rings (SSSR count). The predicted molar refractivity (Wildman–Crippen MR) is 84.3 cm³/mol. The van der Waals surface area contributed by atoms with Crippen LogP contribution in [0.25, 0.3) is 0 Å². The Morgan fingerprint density at radius 1 is 1.26 bits per heavy atom. The third-order valence-corrected chi connectivity index (χ3v) is 5.87. The molecule has 1 fully saturated rings. The summed E-state index contributed by atoms with van der Waals surface area (Å²) in [7, 11) is -3.61. The lowest BCUT2D eigenvalue weighted by molar-refractivity contribution is 0.0731. The van der Waals surface area contributed by atoms with Crippen molar-refractivity contribution < 1.29 is 17.6 Å². The number of carbonyl (C=O) groups excluding carboxylic acids is 1. The van der Waals surface area contributed by atoms with Gasteiger partial charge in [0.2, 0.25) is 0 Å². The van der Waals surface area contributed by atoms with Gasteiger partial charge < -0.3 is 14.3 Å². The molecule has 0 saturated carbocycles. The monoisotopic (exact) mass is 402 g/mol. The number of hydrogen-bond donors (Lipinski definition) is 1. The summed E-state index contributed by atoms with van der Waals surface area (Å²) in [5, 5.41) is 0.0623. The van der Waals surface area contributed by atoms with Crippen LogP contribution in [-0.2, 0) is 10.0 Å². The van der Waals surface area contributed by atoms with Crippen molar-refractivity contribution in [2.75, 3.05) is 26.2 Å². The van der Waals surface area contributed by atoms with Gasteiger partial charge in [-0.25, -0.2) is 13.4 Å². The highest BCUT2D eigenvalue weighted by atomic mass is 79.9. The SMILES string of the molecule is O=C(c1ccc(Br)o1)N1CCCN(S(=O)(=O)c2cnc[nH]2)CC1. The van der Waals surface area contributed by atoms with Gasteiger partial charge in [0.25, 0.3) is 15.9 Å². The minimum Gasteiger partial charge on any atom is -0.444 e. The number of aromatic amines is 1. The number of furan rings is 1. The summed E-state index contributed by atoms with van der Waals surface area (Å²) in [5.41, 5.74) is 0. The number of aromatic nitrogens is 2. The van der Waals surface area contributed by atoms with Gasteiger partial charge in [-0.2, -0.15) is 4.31 Å². The Morgan fingerprint density at radius 2 is 2.09 bits per heavy atom. The molecule has 2 aromatic heterocycles. The lowest BCUT2D eigenvalue weighted by Gasteiger charge is -2.20. The topological polar surface area (TPSA) is 99.5 Å². The molecular weight excluding hydrogens is 388 g/mol. The lowest BCUT2D eigenvalue weighted by Crippen LogP contribution is -2.37. The number of carbonyl (C=O) groups is 1. The fraction of sp³-hybridized carbons (Fsp3) is 0.385. The average molecular weight is 403 g/mol. The van der Waals surface area contributed by atoms with E-state index in [0.717, 1.165) is 0 Å². The van der Waals surface area contributed by atoms with E-state index in [1.165, 1.54) is 16.8 Å². The maximum atomic E-state index is 12.5. The van der Waals surface area contributed by atoms with Crippen molar-refractivity contribution in [3.8, 4) is 0 Å². The first-order valence-electron chi connectivity index (χ1n) is 7.01. The minimum atomic E-state index is -3.61. The van der Waals surface area contributed by atoms with Crippen LogP contribution in [0.3, 0.4) is 0 Å². The van der Waals surface area contributed by atoms with Gasteiger partial charge in [-0.15, -0.1) is 0 Å². The van der Waals surface area contributed by atoms with Gasteiger partial charge in [-0.1, -0.05) is 0 Å². The van der Waals surface area contributed by atoms with E-state index in [1.54, 1.807) is 17.0 Å². The second kappa shape index (κ2) is 6.46. The van der Waals surface area contributed by atoms with E-state index >= 15 is 0 Å². The van der Waals surface area contributed by atoms with Crippen LogP contribution in [-0.4, -0.2) is 59.7 Å². The molecule has 0 atom stereocenters. The molecule has 1 amide bonds. The van der Waals surface area contributed by atoms with Crippen LogP contribution in [0.15, 0.2) is 38.8 Å². The van der Waals surface area contributed by atoms with Gasteiger partial charge in [0, 0.05) is 26.2 Å². The molecule has 3 heterocycles. The molecular formula is C13H15BrN4O4S. The zero-order chi connectivity index (χ0) is 16.4. The Kier molecular flexibility index (Phi) is 4.55. The third kappa shape index (κ3) is 3.33. The Balaban J connectivity index is 1.71. The Bertz CT molecular complexity index is 787. The van der Waals surface area contributed by atoms with Crippen molar-refractivity contribution in [3.63, 3.8) is 0 Å². The van der Waals surface area contributed by atoms with Crippen molar-refractivity contribution in [1.29, 1.82) is 0 Å². The zero-order valence-electron chi connectivity index (χ0n) is 12.1.